The van der Waals surface area contributed by atoms with Crippen LogP contribution in [0.5, 0.6) is 0 Å². The number of carbonyl (C=O) groups excluding carboxylic acids is 2. The Kier molecular flexibility index (Phi) is 5.58. The van der Waals surface area contributed by atoms with Crippen LogP contribution in [0.2, 0.25) is 0 Å². The Bertz CT molecular complexity index is 1150. The third-order valence-electron chi connectivity index (χ3n) is 5.16. The largest absolute Gasteiger partial charge is 0.463 e. The number of benzene rings is 2. The zero-order valence-corrected chi connectivity index (χ0v) is 17.7. The Morgan fingerprint density at radius 1 is 1.10 bits per heavy atom. The number of aryl methyl sites for hydroxylation is 1. The summed E-state index contributed by atoms with van der Waals surface area (Å²) in [4.78, 5) is 25.1. The van der Waals surface area contributed by atoms with Crippen molar-refractivity contribution in [3.63, 3.8) is 0 Å². The number of ether oxygens (including phenoxy) is 1. The third-order valence-corrected chi connectivity index (χ3v) is 5.16. The number of urea groups is 1. The van der Waals surface area contributed by atoms with Gasteiger partial charge in [0.15, 0.2) is 0 Å². The molecular formula is C24H24N4O3. The summed E-state index contributed by atoms with van der Waals surface area (Å²) < 4.78 is 7.04. The van der Waals surface area contributed by atoms with E-state index >= 15 is 0 Å². The molecular weight excluding hydrogens is 392 g/mol. The standard InChI is InChI=1S/C24H24N4O3/c1-4-31-23(29)20-16(3)25-24(30)26-22(20)19-14-28(18-8-6-5-7-9-18)27-21(19)17-12-10-15(2)11-13-17/h5-14,22H,4H2,1-3H3,(H2,25,26,30). The van der Waals surface area contributed by atoms with Gasteiger partial charge in [-0.3, -0.25) is 0 Å². The van der Waals surface area contributed by atoms with Crippen LogP contribution in [-0.2, 0) is 9.53 Å². The summed E-state index contributed by atoms with van der Waals surface area (Å²) in [6.07, 6.45) is 1.85. The van der Waals surface area contributed by atoms with Crippen LogP contribution in [0.3, 0.4) is 0 Å². The van der Waals surface area contributed by atoms with Gasteiger partial charge in [-0.25, -0.2) is 14.3 Å². The predicted octanol–water partition coefficient (Wildman–Crippen LogP) is 4.04. The fourth-order valence-electron chi connectivity index (χ4n) is 3.65. The number of carbonyl (C=O) groups is 2. The van der Waals surface area contributed by atoms with Crippen LogP contribution in [0.1, 0.15) is 31.0 Å². The maximum Gasteiger partial charge on any atom is 0.338 e. The van der Waals surface area contributed by atoms with Crippen molar-refractivity contribution in [1.82, 2.24) is 20.4 Å². The monoisotopic (exact) mass is 416 g/mol. The molecule has 0 spiro atoms. The van der Waals surface area contributed by atoms with Gasteiger partial charge in [-0.2, -0.15) is 5.10 Å². The van der Waals surface area contributed by atoms with Gasteiger partial charge in [0.1, 0.15) is 0 Å². The average Bonchev–Trinajstić information content (AvgIpc) is 3.20. The van der Waals surface area contributed by atoms with Crippen LogP contribution >= 0.6 is 0 Å². The molecule has 1 aliphatic rings. The zero-order valence-electron chi connectivity index (χ0n) is 17.7. The van der Waals surface area contributed by atoms with Gasteiger partial charge in [-0.05, 0) is 32.9 Å². The predicted molar refractivity (Wildman–Crippen MR) is 117 cm³/mol. The Morgan fingerprint density at radius 2 is 1.81 bits per heavy atom. The summed E-state index contributed by atoms with van der Waals surface area (Å²) in [6.45, 7) is 5.71. The van der Waals surface area contributed by atoms with E-state index < -0.39 is 12.0 Å². The summed E-state index contributed by atoms with van der Waals surface area (Å²) in [5.41, 5.74) is 5.13. The second kappa shape index (κ2) is 8.47. The number of nitrogens with one attached hydrogen (secondary N) is 2. The number of esters is 1. The number of aromatic nitrogens is 2. The highest BCUT2D eigenvalue weighted by atomic mass is 16.5. The molecule has 3 aromatic rings. The summed E-state index contributed by atoms with van der Waals surface area (Å²) in [5, 5.41) is 10.4. The van der Waals surface area contributed by atoms with E-state index in [1.807, 2.05) is 67.7 Å². The quantitative estimate of drug-likeness (QED) is 0.615. The van der Waals surface area contributed by atoms with Crippen molar-refractivity contribution in [3.8, 4) is 16.9 Å². The fraction of sp³-hybridized carbons (Fsp3) is 0.208. The molecule has 0 saturated carbocycles. The second-order valence-electron chi connectivity index (χ2n) is 7.37. The molecule has 4 rings (SSSR count). The highest BCUT2D eigenvalue weighted by molar-refractivity contribution is 5.95. The minimum atomic E-state index is -0.693. The normalized spacial score (nSPS) is 16.0. The van der Waals surface area contributed by atoms with Crippen molar-refractivity contribution in [2.45, 2.75) is 26.8 Å². The molecule has 2 N–H and O–H groups in total. The van der Waals surface area contributed by atoms with Crippen molar-refractivity contribution in [2.75, 3.05) is 6.61 Å². The maximum atomic E-state index is 12.8. The van der Waals surface area contributed by atoms with Gasteiger partial charge in [0.05, 0.1) is 29.6 Å². The topological polar surface area (TPSA) is 85.2 Å². The van der Waals surface area contributed by atoms with Crippen LogP contribution in [0, 0.1) is 6.92 Å². The van der Waals surface area contributed by atoms with E-state index in [0.717, 1.165) is 16.8 Å². The van der Waals surface area contributed by atoms with Gasteiger partial charge in [-0.1, -0.05) is 48.0 Å². The lowest BCUT2D eigenvalue weighted by Crippen LogP contribution is -2.45. The van der Waals surface area contributed by atoms with Crippen molar-refractivity contribution in [3.05, 3.63) is 83.2 Å². The van der Waals surface area contributed by atoms with Crippen LogP contribution in [0.15, 0.2) is 72.1 Å². The molecule has 7 nitrogen and oxygen atoms in total. The molecule has 2 amide bonds. The van der Waals surface area contributed by atoms with Crippen molar-refractivity contribution < 1.29 is 14.3 Å². The maximum absolute atomic E-state index is 12.8. The smallest absolute Gasteiger partial charge is 0.338 e. The molecule has 0 aliphatic carbocycles. The molecule has 0 fully saturated rings. The Morgan fingerprint density at radius 3 is 2.48 bits per heavy atom. The van der Waals surface area contributed by atoms with E-state index in [4.69, 9.17) is 9.84 Å². The number of allylic oxidation sites excluding steroid dienone is 1. The molecule has 158 valence electrons. The highest BCUT2D eigenvalue weighted by Crippen LogP contribution is 2.35. The number of hydrogen-bond acceptors (Lipinski definition) is 4. The molecule has 2 aromatic carbocycles. The zero-order chi connectivity index (χ0) is 22.0. The summed E-state index contributed by atoms with van der Waals surface area (Å²) in [5.74, 6) is -0.472. The Balaban J connectivity index is 1.90. The summed E-state index contributed by atoms with van der Waals surface area (Å²) >= 11 is 0. The lowest BCUT2D eigenvalue weighted by molar-refractivity contribution is -0.139. The fourth-order valence-corrected chi connectivity index (χ4v) is 3.65. The van der Waals surface area contributed by atoms with Gasteiger partial charge >= 0.3 is 12.0 Å². The second-order valence-corrected chi connectivity index (χ2v) is 7.37. The first-order chi connectivity index (χ1) is 15.0. The van der Waals surface area contributed by atoms with Gasteiger partial charge in [0.25, 0.3) is 0 Å². The van der Waals surface area contributed by atoms with E-state index in [0.29, 0.717) is 22.5 Å². The molecule has 0 saturated heterocycles. The average molecular weight is 416 g/mol. The lowest BCUT2D eigenvalue weighted by Gasteiger charge is -2.27. The van der Waals surface area contributed by atoms with Gasteiger partial charge < -0.3 is 15.4 Å². The minimum Gasteiger partial charge on any atom is -0.463 e. The first-order valence-electron chi connectivity index (χ1n) is 10.2. The molecule has 2 heterocycles. The molecule has 1 aromatic heterocycles. The van der Waals surface area contributed by atoms with Crippen molar-refractivity contribution in [2.24, 2.45) is 0 Å². The first-order valence-corrected chi connectivity index (χ1v) is 10.2. The van der Waals surface area contributed by atoms with Gasteiger partial charge in [-0.15, -0.1) is 0 Å². The SMILES string of the molecule is CCOC(=O)C1=C(C)NC(=O)NC1c1cn(-c2ccccc2)nc1-c1ccc(C)cc1. The molecule has 1 unspecified atom stereocenters. The lowest BCUT2D eigenvalue weighted by atomic mass is 9.93. The molecule has 0 radical (unpaired) electrons. The molecule has 0 bridgehead atoms. The summed E-state index contributed by atoms with van der Waals surface area (Å²) in [6, 6.07) is 16.6. The number of para-hydroxylation sites is 1. The van der Waals surface area contributed by atoms with E-state index in [2.05, 4.69) is 10.6 Å². The number of nitrogens with zero attached hydrogens (tertiary/aromatic N) is 2. The number of rotatable bonds is 5. The number of amides is 2. The van der Waals surface area contributed by atoms with Crippen LogP contribution < -0.4 is 10.6 Å². The van der Waals surface area contributed by atoms with Crippen LogP contribution in [0.4, 0.5) is 4.79 Å². The minimum absolute atomic E-state index is 0.240. The third kappa shape index (κ3) is 4.07. The molecule has 31 heavy (non-hydrogen) atoms. The van der Waals surface area contributed by atoms with Gasteiger partial charge in [0, 0.05) is 23.0 Å². The van der Waals surface area contributed by atoms with E-state index in [9.17, 15) is 9.59 Å². The molecule has 1 aliphatic heterocycles. The van der Waals surface area contributed by atoms with Crippen LogP contribution in [0.25, 0.3) is 16.9 Å². The number of hydrogen-bond donors (Lipinski definition) is 2. The van der Waals surface area contributed by atoms with Gasteiger partial charge in [0.2, 0.25) is 0 Å². The highest BCUT2D eigenvalue weighted by Gasteiger charge is 2.35. The van der Waals surface area contributed by atoms with Crippen molar-refractivity contribution in [1.29, 1.82) is 0 Å². The molecule has 1 atom stereocenters. The van der Waals surface area contributed by atoms with E-state index in [1.54, 1.807) is 18.5 Å². The van der Waals surface area contributed by atoms with Crippen molar-refractivity contribution >= 4 is 12.0 Å². The Labute approximate surface area is 180 Å². The Hall–Kier alpha value is -3.87. The summed E-state index contributed by atoms with van der Waals surface area (Å²) in [7, 11) is 0. The van der Waals surface area contributed by atoms with E-state index in [-0.39, 0.29) is 12.6 Å². The molecule has 7 heteroatoms. The first kappa shape index (κ1) is 20.4. The van der Waals surface area contributed by atoms with Crippen LogP contribution in [-0.4, -0.2) is 28.4 Å². The van der Waals surface area contributed by atoms with E-state index in [1.165, 1.54) is 0 Å².